The van der Waals surface area contributed by atoms with Gasteiger partial charge in [0.05, 0.1) is 5.70 Å². The molecule has 0 aromatic carbocycles. The fourth-order valence-electron chi connectivity index (χ4n) is 2.14. The molecule has 0 fully saturated rings. The average molecular weight is 203 g/mol. The lowest BCUT2D eigenvalue weighted by molar-refractivity contribution is 0.427. The maximum Gasteiger partial charge on any atom is 0.0652 e. The van der Waals surface area contributed by atoms with Crippen molar-refractivity contribution in [2.75, 3.05) is 0 Å². The number of nitrogens with zero attached hydrogens (tertiary/aromatic N) is 1. The first kappa shape index (κ1) is 12.0. The lowest BCUT2D eigenvalue weighted by Crippen LogP contribution is -2.19. The Balaban J connectivity index is 3.21. The minimum atomic E-state index is 0.252. The van der Waals surface area contributed by atoms with E-state index in [4.69, 9.17) is 0 Å². The summed E-state index contributed by atoms with van der Waals surface area (Å²) in [4.78, 5) is 4.50. The predicted octanol–water partition coefficient (Wildman–Crippen LogP) is 4.28. The molecule has 0 amide bonds. The van der Waals surface area contributed by atoms with Crippen LogP contribution < -0.4 is 0 Å². The molecular weight excluding hydrogens is 182 g/mol. The van der Waals surface area contributed by atoms with Gasteiger partial charge in [-0.25, -0.2) is 0 Å². The van der Waals surface area contributed by atoms with E-state index in [-0.39, 0.29) is 5.41 Å². The quantitative estimate of drug-likeness (QED) is 0.607. The van der Waals surface area contributed by atoms with Crippen LogP contribution in [0.3, 0.4) is 0 Å². The molecule has 0 atom stereocenters. The second-order valence-corrected chi connectivity index (χ2v) is 4.67. The number of aliphatic imine (C=N–C) groups is 1. The molecule has 0 saturated heterocycles. The van der Waals surface area contributed by atoms with Gasteiger partial charge in [0.15, 0.2) is 0 Å². The van der Waals surface area contributed by atoms with Crippen LogP contribution in [0.2, 0.25) is 0 Å². The third-order valence-corrected chi connectivity index (χ3v) is 3.06. The van der Waals surface area contributed by atoms with Gasteiger partial charge in [0.25, 0.3) is 0 Å². The molecule has 0 aliphatic heterocycles. The normalized spacial score (nSPS) is 20.7. The standard InChI is InChI=1S/C14H21N/c1-6-10-15-13-11(3)8-9-14(4,5)12(13)7-2/h6,8,10H,1,7,9H2,2-5H3/b15-10-. The Morgan fingerprint density at radius 2 is 2.20 bits per heavy atom. The van der Waals surface area contributed by atoms with Crippen molar-refractivity contribution in [3.8, 4) is 0 Å². The summed E-state index contributed by atoms with van der Waals surface area (Å²) in [6.07, 6.45) is 7.99. The number of hydrogen-bond acceptors (Lipinski definition) is 1. The van der Waals surface area contributed by atoms with E-state index in [0.29, 0.717) is 0 Å². The van der Waals surface area contributed by atoms with Gasteiger partial charge in [0.1, 0.15) is 0 Å². The topological polar surface area (TPSA) is 12.4 Å². The molecule has 0 radical (unpaired) electrons. The molecule has 0 N–H and O–H groups in total. The Hall–Kier alpha value is -1.11. The Labute approximate surface area is 93.3 Å². The van der Waals surface area contributed by atoms with Crippen LogP contribution in [-0.4, -0.2) is 6.21 Å². The molecule has 0 spiro atoms. The van der Waals surface area contributed by atoms with Gasteiger partial charge in [0, 0.05) is 6.21 Å². The van der Waals surface area contributed by atoms with Crippen LogP contribution in [0, 0.1) is 5.41 Å². The number of allylic oxidation sites excluding steroid dienone is 4. The summed E-state index contributed by atoms with van der Waals surface area (Å²) in [5.74, 6) is 0. The first-order chi connectivity index (χ1) is 7.03. The molecule has 15 heavy (non-hydrogen) atoms. The van der Waals surface area contributed by atoms with E-state index in [1.807, 2.05) is 0 Å². The fourth-order valence-corrected chi connectivity index (χ4v) is 2.14. The lowest BCUT2D eigenvalue weighted by atomic mass is 9.74. The van der Waals surface area contributed by atoms with Crippen LogP contribution >= 0.6 is 0 Å². The smallest absolute Gasteiger partial charge is 0.0652 e. The second-order valence-electron chi connectivity index (χ2n) is 4.67. The Morgan fingerprint density at radius 1 is 1.53 bits per heavy atom. The van der Waals surface area contributed by atoms with Gasteiger partial charge in [-0.15, -0.1) is 0 Å². The summed E-state index contributed by atoms with van der Waals surface area (Å²) >= 11 is 0. The van der Waals surface area contributed by atoms with E-state index >= 15 is 0 Å². The SMILES string of the molecule is C=C/C=N\C1=C(CC)C(C)(C)CC=C1C. The molecule has 1 nitrogen and oxygen atoms in total. The van der Waals surface area contributed by atoms with Crippen molar-refractivity contribution in [2.24, 2.45) is 10.4 Å². The van der Waals surface area contributed by atoms with E-state index < -0.39 is 0 Å². The Bertz CT molecular complexity index is 340. The third-order valence-electron chi connectivity index (χ3n) is 3.06. The van der Waals surface area contributed by atoms with E-state index in [2.05, 4.69) is 45.3 Å². The van der Waals surface area contributed by atoms with Gasteiger partial charge < -0.3 is 0 Å². The highest BCUT2D eigenvalue weighted by molar-refractivity contribution is 5.72. The fraction of sp³-hybridized carbons (Fsp3) is 0.500. The van der Waals surface area contributed by atoms with Crippen molar-refractivity contribution in [3.05, 3.63) is 35.6 Å². The lowest BCUT2D eigenvalue weighted by Gasteiger charge is -2.32. The summed E-state index contributed by atoms with van der Waals surface area (Å²) in [5, 5.41) is 0. The van der Waals surface area contributed by atoms with Crippen molar-refractivity contribution in [1.29, 1.82) is 0 Å². The summed E-state index contributed by atoms with van der Waals surface area (Å²) in [6.45, 7) is 12.6. The number of hydrogen-bond donors (Lipinski definition) is 0. The van der Waals surface area contributed by atoms with Crippen LogP contribution in [0.15, 0.2) is 40.6 Å². The summed E-state index contributed by atoms with van der Waals surface area (Å²) in [7, 11) is 0. The summed E-state index contributed by atoms with van der Waals surface area (Å²) < 4.78 is 0. The van der Waals surface area contributed by atoms with Gasteiger partial charge in [-0.1, -0.05) is 39.5 Å². The first-order valence-electron chi connectivity index (χ1n) is 5.58. The van der Waals surface area contributed by atoms with Crippen LogP contribution in [0.5, 0.6) is 0 Å². The van der Waals surface area contributed by atoms with Crippen molar-refractivity contribution < 1.29 is 0 Å². The Kier molecular flexibility index (Phi) is 3.67. The van der Waals surface area contributed by atoms with Crippen LogP contribution in [-0.2, 0) is 0 Å². The molecule has 0 heterocycles. The van der Waals surface area contributed by atoms with Crippen molar-refractivity contribution in [2.45, 2.75) is 40.5 Å². The van der Waals surface area contributed by atoms with Gasteiger partial charge in [-0.05, 0) is 36.3 Å². The van der Waals surface area contributed by atoms with E-state index in [1.54, 1.807) is 12.3 Å². The second kappa shape index (κ2) is 4.61. The molecule has 82 valence electrons. The molecule has 1 aliphatic carbocycles. The largest absolute Gasteiger partial charge is 0.257 e. The van der Waals surface area contributed by atoms with Crippen molar-refractivity contribution in [1.82, 2.24) is 0 Å². The van der Waals surface area contributed by atoms with Gasteiger partial charge in [0.2, 0.25) is 0 Å². The van der Waals surface area contributed by atoms with Gasteiger partial charge in [-0.2, -0.15) is 0 Å². The zero-order valence-electron chi connectivity index (χ0n) is 10.3. The maximum absolute atomic E-state index is 4.50. The summed E-state index contributed by atoms with van der Waals surface area (Å²) in [5.41, 5.74) is 4.17. The molecule has 0 unspecified atom stereocenters. The molecule has 1 aliphatic rings. The van der Waals surface area contributed by atoms with E-state index in [1.165, 1.54) is 11.1 Å². The molecule has 0 aromatic heterocycles. The molecular formula is C14H21N. The zero-order chi connectivity index (χ0) is 11.5. The molecule has 0 aromatic rings. The highest BCUT2D eigenvalue weighted by Gasteiger charge is 2.27. The molecule has 0 saturated carbocycles. The molecule has 0 bridgehead atoms. The van der Waals surface area contributed by atoms with Gasteiger partial charge >= 0.3 is 0 Å². The van der Waals surface area contributed by atoms with E-state index in [0.717, 1.165) is 18.5 Å². The highest BCUT2D eigenvalue weighted by atomic mass is 14.7. The van der Waals surface area contributed by atoms with Crippen LogP contribution in [0.4, 0.5) is 0 Å². The van der Waals surface area contributed by atoms with Crippen LogP contribution in [0.25, 0.3) is 0 Å². The monoisotopic (exact) mass is 203 g/mol. The summed E-state index contributed by atoms with van der Waals surface area (Å²) in [6, 6.07) is 0. The third kappa shape index (κ3) is 2.47. The average Bonchev–Trinajstić information content (AvgIpc) is 2.19. The van der Waals surface area contributed by atoms with Crippen molar-refractivity contribution in [3.63, 3.8) is 0 Å². The highest BCUT2D eigenvalue weighted by Crippen LogP contribution is 2.41. The Morgan fingerprint density at radius 3 is 2.73 bits per heavy atom. The maximum atomic E-state index is 4.50. The molecule has 1 rings (SSSR count). The number of rotatable bonds is 3. The van der Waals surface area contributed by atoms with Crippen molar-refractivity contribution >= 4 is 6.21 Å². The van der Waals surface area contributed by atoms with E-state index in [9.17, 15) is 0 Å². The predicted molar refractivity (Wildman–Crippen MR) is 68.2 cm³/mol. The zero-order valence-corrected chi connectivity index (χ0v) is 10.3. The van der Waals surface area contributed by atoms with Crippen LogP contribution in [0.1, 0.15) is 40.5 Å². The first-order valence-corrected chi connectivity index (χ1v) is 5.58. The minimum absolute atomic E-state index is 0.252. The molecule has 1 heteroatoms. The van der Waals surface area contributed by atoms with Gasteiger partial charge in [-0.3, -0.25) is 4.99 Å². The minimum Gasteiger partial charge on any atom is -0.257 e.